The van der Waals surface area contributed by atoms with Crippen LogP contribution < -0.4 is 4.90 Å². The number of rotatable bonds is 7. The third-order valence-corrected chi connectivity index (χ3v) is 12.3. The van der Waals surface area contributed by atoms with Crippen LogP contribution in [0.5, 0.6) is 0 Å². The molecule has 0 unspecified atom stereocenters. The zero-order valence-electron chi connectivity index (χ0n) is 33.3. The van der Waals surface area contributed by atoms with Gasteiger partial charge in [0.15, 0.2) is 5.58 Å². The Morgan fingerprint density at radius 1 is 0.377 bits per heavy atom. The fraction of sp³-hybridized carbons (Fsp3) is 0.0172. The molecule has 3 heteroatoms. The van der Waals surface area contributed by atoms with Crippen LogP contribution in [0.4, 0.5) is 17.1 Å². The largest absolute Gasteiger partial charge is 0.436 e. The minimum Gasteiger partial charge on any atom is -0.436 e. The molecule has 61 heavy (non-hydrogen) atoms. The molecule has 0 fully saturated rings. The predicted molar refractivity (Wildman–Crippen MR) is 254 cm³/mol. The molecule has 286 valence electrons. The van der Waals surface area contributed by atoms with Crippen LogP contribution in [0.2, 0.25) is 0 Å². The molecule has 0 saturated carbocycles. The average molecular weight is 779 g/mol. The van der Waals surface area contributed by atoms with Gasteiger partial charge < -0.3 is 9.32 Å². The van der Waals surface area contributed by atoms with Crippen molar-refractivity contribution in [3.05, 3.63) is 230 Å². The van der Waals surface area contributed by atoms with Crippen molar-refractivity contribution in [1.82, 2.24) is 4.98 Å². The summed E-state index contributed by atoms with van der Waals surface area (Å²) in [6.07, 6.45) is 0.851. The molecule has 0 saturated heterocycles. The van der Waals surface area contributed by atoms with Gasteiger partial charge in [0.05, 0.1) is 0 Å². The molecule has 10 aromatic carbocycles. The van der Waals surface area contributed by atoms with Gasteiger partial charge in [-0.25, -0.2) is 4.98 Å². The van der Waals surface area contributed by atoms with Crippen molar-refractivity contribution < 1.29 is 4.42 Å². The molecule has 0 spiro atoms. The number of oxazole rings is 1. The lowest BCUT2D eigenvalue weighted by Gasteiger charge is -2.26. The summed E-state index contributed by atoms with van der Waals surface area (Å²) in [6.45, 7) is 0. The second-order valence-electron chi connectivity index (χ2n) is 15.9. The lowest BCUT2D eigenvalue weighted by Crippen LogP contribution is -2.10. The van der Waals surface area contributed by atoms with Gasteiger partial charge in [-0.15, -0.1) is 0 Å². The van der Waals surface area contributed by atoms with Crippen molar-refractivity contribution in [3.8, 4) is 56.0 Å². The Labute approximate surface area is 354 Å². The highest BCUT2D eigenvalue weighted by Crippen LogP contribution is 2.45. The zero-order valence-corrected chi connectivity index (χ0v) is 33.3. The van der Waals surface area contributed by atoms with E-state index in [4.69, 9.17) is 9.40 Å². The summed E-state index contributed by atoms with van der Waals surface area (Å²) < 4.78 is 6.30. The van der Waals surface area contributed by atoms with Gasteiger partial charge in [-0.2, -0.15) is 0 Å². The fourth-order valence-corrected chi connectivity index (χ4v) is 9.38. The Bertz CT molecular complexity index is 3420. The first-order valence-electron chi connectivity index (χ1n) is 20.9. The Hall–Kier alpha value is -8.01. The molecule has 1 aliphatic rings. The standard InChI is InChI=1S/C58H38N2O/c1-3-13-38(14-4-1)42-18-11-19-47(33-42)60(46-31-27-40(28-32-46)53-34-43-17-7-8-20-49(43)50-21-9-10-22-51(50)53)45-29-25-39(26-30-45)48-23-12-24-52-54-37-57-56(36-44(54)35-55(48)52)59-58(61-57)41-15-5-2-6-16-41/h1-34,36-37H,35H2. The Morgan fingerprint density at radius 3 is 1.74 bits per heavy atom. The second-order valence-corrected chi connectivity index (χ2v) is 15.9. The molecule has 1 aromatic heterocycles. The van der Waals surface area contributed by atoms with Gasteiger partial charge in [0.1, 0.15) is 5.52 Å². The third-order valence-electron chi connectivity index (χ3n) is 12.3. The van der Waals surface area contributed by atoms with E-state index in [0.29, 0.717) is 5.89 Å². The summed E-state index contributed by atoms with van der Waals surface area (Å²) in [6, 6.07) is 78.6. The molecule has 11 aromatic rings. The van der Waals surface area contributed by atoms with Crippen LogP contribution in [0, 0.1) is 0 Å². The average Bonchev–Trinajstić information content (AvgIpc) is 3.92. The van der Waals surface area contributed by atoms with Crippen molar-refractivity contribution in [2.75, 3.05) is 4.90 Å². The van der Waals surface area contributed by atoms with E-state index in [2.05, 4.69) is 193 Å². The van der Waals surface area contributed by atoms with Crippen LogP contribution in [-0.2, 0) is 6.42 Å². The number of benzene rings is 10. The minimum absolute atomic E-state index is 0.656. The van der Waals surface area contributed by atoms with E-state index in [9.17, 15) is 0 Å². The van der Waals surface area contributed by atoms with Crippen LogP contribution in [0.25, 0.3) is 88.6 Å². The third kappa shape index (κ3) is 6.10. The summed E-state index contributed by atoms with van der Waals surface area (Å²) >= 11 is 0. The van der Waals surface area contributed by atoms with E-state index >= 15 is 0 Å². The van der Waals surface area contributed by atoms with Crippen LogP contribution in [-0.4, -0.2) is 4.98 Å². The van der Waals surface area contributed by atoms with Crippen molar-refractivity contribution in [2.24, 2.45) is 0 Å². The molecule has 0 atom stereocenters. The van der Waals surface area contributed by atoms with E-state index in [1.54, 1.807) is 0 Å². The van der Waals surface area contributed by atoms with Crippen molar-refractivity contribution in [1.29, 1.82) is 0 Å². The van der Waals surface area contributed by atoms with E-state index in [0.717, 1.165) is 40.1 Å². The molecule has 12 rings (SSSR count). The number of hydrogen-bond acceptors (Lipinski definition) is 3. The number of aromatic nitrogens is 1. The number of hydrogen-bond donors (Lipinski definition) is 0. The smallest absolute Gasteiger partial charge is 0.227 e. The van der Waals surface area contributed by atoms with Gasteiger partial charge in [-0.05, 0) is 150 Å². The number of anilines is 3. The van der Waals surface area contributed by atoms with Crippen LogP contribution >= 0.6 is 0 Å². The molecule has 3 nitrogen and oxygen atoms in total. The first-order valence-corrected chi connectivity index (χ1v) is 20.9. The molecular weight excluding hydrogens is 741 g/mol. The highest BCUT2D eigenvalue weighted by molar-refractivity contribution is 6.13. The second kappa shape index (κ2) is 14.4. The van der Waals surface area contributed by atoms with Gasteiger partial charge in [-0.3, -0.25) is 0 Å². The van der Waals surface area contributed by atoms with Crippen LogP contribution in [0.15, 0.2) is 223 Å². The Balaban J connectivity index is 0.920. The number of nitrogens with zero attached hydrogens (tertiary/aromatic N) is 2. The molecule has 0 bridgehead atoms. The van der Waals surface area contributed by atoms with Gasteiger partial charge >= 0.3 is 0 Å². The van der Waals surface area contributed by atoms with Crippen molar-refractivity contribution in [2.45, 2.75) is 6.42 Å². The SMILES string of the molecule is c1ccc(-c2cccc(N(c3ccc(-c4cccc5c4Cc4cc6nc(-c7ccccc7)oc6cc4-5)cc3)c3ccc(-c4cc5ccccc5c5ccccc45)cc3)c2)cc1. The molecule has 0 amide bonds. The van der Waals surface area contributed by atoms with Crippen molar-refractivity contribution >= 4 is 49.7 Å². The van der Waals surface area contributed by atoms with E-state index < -0.39 is 0 Å². The van der Waals surface area contributed by atoms with E-state index in [1.165, 1.54) is 77.2 Å². The molecule has 0 radical (unpaired) electrons. The fourth-order valence-electron chi connectivity index (χ4n) is 9.38. The van der Waals surface area contributed by atoms with Crippen molar-refractivity contribution in [3.63, 3.8) is 0 Å². The maximum Gasteiger partial charge on any atom is 0.227 e. The maximum absolute atomic E-state index is 6.30. The van der Waals surface area contributed by atoms with Gasteiger partial charge in [-0.1, -0.05) is 152 Å². The first kappa shape index (κ1) is 35.0. The zero-order chi connectivity index (χ0) is 40.3. The van der Waals surface area contributed by atoms with E-state index in [1.807, 2.05) is 30.3 Å². The van der Waals surface area contributed by atoms with Gasteiger partial charge in [0.2, 0.25) is 5.89 Å². The monoisotopic (exact) mass is 778 g/mol. The summed E-state index contributed by atoms with van der Waals surface area (Å²) in [5, 5.41) is 5.06. The Kier molecular flexibility index (Phi) is 8.24. The minimum atomic E-state index is 0.656. The Morgan fingerprint density at radius 2 is 0.984 bits per heavy atom. The molecule has 1 aliphatic carbocycles. The molecular formula is C58H38N2O. The first-order chi connectivity index (χ1) is 30.2. The molecule has 0 N–H and O–H groups in total. The summed E-state index contributed by atoms with van der Waals surface area (Å²) in [5.74, 6) is 0.656. The predicted octanol–water partition coefficient (Wildman–Crippen LogP) is 15.8. The summed E-state index contributed by atoms with van der Waals surface area (Å²) in [4.78, 5) is 7.24. The molecule has 1 heterocycles. The quantitative estimate of drug-likeness (QED) is 0.151. The van der Waals surface area contributed by atoms with Gasteiger partial charge in [0.25, 0.3) is 0 Å². The highest BCUT2D eigenvalue weighted by atomic mass is 16.3. The number of fused-ring (bicyclic) bond motifs is 7. The van der Waals surface area contributed by atoms with E-state index in [-0.39, 0.29) is 0 Å². The van der Waals surface area contributed by atoms with Crippen LogP contribution in [0.3, 0.4) is 0 Å². The maximum atomic E-state index is 6.30. The summed E-state index contributed by atoms with van der Waals surface area (Å²) in [5.41, 5.74) is 18.3. The highest BCUT2D eigenvalue weighted by Gasteiger charge is 2.24. The molecule has 0 aliphatic heterocycles. The normalized spacial score (nSPS) is 11.9. The van der Waals surface area contributed by atoms with Crippen LogP contribution in [0.1, 0.15) is 11.1 Å². The topological polar surface area (TPSA) is 29.3 Å². The lowest BCUT2D eigenvalue weighted by molar-refractivity contribution is 0.620. The summed E-state index contributed by atoms with van der Waals surface area (Å²) in [7, 11) is 0. The lowest BCUT2D eigenvalue weighted by atomic mass is 9.93. The van der Waals surface area contributed by atoms with Gasteiger partial charge in [0, 0.05) is 22.6 Å².